The van der Waals surface area contributed by atoms with Crippen molar-refractivity contribution in [2.75, 3.05) is 31.1 Å². The molecule has 0 spiro atoms. The summed E-state index contributed by atoms with van der Waals surface area (Å²) in [6.07, 6.45) is 0. The van der Waals surface area contributed by atoms with Crippen LogP contribution in [0.4, 0.5) is 5.69 Å². The first-order valence-electron chi connectivity index (χ1n) is 9.18. The first-order chi connectivity index (χ1) is 12.0. The van der Waals surface area contributed by atoms with E-state index in [2.05, 4.69) is 62.9 Å². The number of anilines is 1. The highest BCUT2D eigenvalue weighted by molar-refractivity contribution is 5.94. The number of hydrogen-bond donors (Lipinski definition) is 0. The van der Waals surface area contributed by atoms with Crippen LogP contribution in [-0.4, -0.2) is 37.0 Å². The molecule has 0 atom stereocenters. The third-order valence-electron chi connectivity index (χ3n) is 5.31. The van der Waals surface area contributed by atoms with E-state index in [1.54, 1.807) is 0 Å². The van der Waals surface area contributed by atoms with Gasteiger partial charge in [0.2, 0.25) is 0 Å². The number of carbonyl (C=O) groups is 1. The fourth-order valence-corrected chi connectivity index (χ4v) is 3.42. The Balaban J connectivity index is 1.65. The SMILES string of the molecule is Cc1cccc(N2CCN(C(=O)c3ccc(C(C)C)cc3)CC2)c1C. The summed E-state index contributed by atoms with van der Waals surface area (Å²) in [6.45, 7) is 12.0. The Morgan fingerprint density at radius 2 is 1.56 bits per heavy atom. The van der Waals surface area contributed by atoms with Crippen LogP contribution in [0.5, 0.6) is 0 Å². The molecule has 1 fully saturated rings. The molecule has 1 amide bonds. The van der Waals surface area contributed by atoms with E-state index >= 15 is 0 Å². The van der Waals surface area contributed by atoms with Crippen LogP contribution < -0.4 is 4.90 Å². The lowest BCUT2D eigenvalue weighted by molar-refractivity contribution is 0.0746. The zero-order valence-corrected chi connectivity index (χ0v) is 15.7. The summed E-state index contributed by atoms with van der Waals surface area (Å²) in [5, 5.41) is 0. The second-order valence-electron chi connectivity index (χ2n) is 7.27. The molecular weight excluding hydrogens is 308 g/mol. The lowest BCUT2D eigenvalue weighted by Gasteiger charge is -2.37. The van der Waals surface area contributed by atoms with Crippen LogP contribution >= 0.6 is 0 Å². The molecule has 132 valence electrons. The molecule has 2 aromatic carbocycles. The van der Waals surface area contributed by atoms with Crippen molar-refractivity contribution in [2.45, 2.75) is 33.6 Å². The minimum absolute atomic E-state index is 0.149. The Morgan fingerprint density at radius 3 is 2.16 bits per heavy atom. The normalized spacial score (nSPS) is 14.9. The minimum Gasteiger partial charge on any atom is -0.368 e. The zero-order valence-electron chi connectivity index (χ0n) is 15.7. The smallest absolute Gasteiger partial charge is 0.253 e. The number of rotatable bonds is 3. The monoisotopic (exact) mass is 336 g/mol. The van der Waals surface area contributed by atoms with Crippen molar-refractivity contribution < 1.29 is 4.79 Å². The largest absolute Gasteiger partial charge is 0.368 e. The molecule has 0 aromatic heterocycles. The predicted molar refractivity (Wildman–Crippen MR) is 105 cm³/mol. The molecule has 1 aliphatic heterocycles. The molecule has 25 heavy (non-hydrogen) atoms. The maximum absolute atomic E-state index is 12.8. The van der Waals surface area contributed by atoms with E-state index in [1.807, 2.05) is 17.0 Å². The molecule has 3 rings (SSSR count). The summed E-state index contributed by atoms with van der Waals surface area (Å²) in [5.41, 5.74) is 6.03. The van der Waals surface area contributed by atoms with Crippen LogP contribution in [0, 0.1) is 13.8 Å². The molecule has 3 nitrogen and oxygen atoms in total. The topological polar surface area (TPSA) is 23.6 Å². The average molecular weight is 336 g/mol. The van der Waals surface area contributed by atoms with E-state index in [-0.39, 0.29) is 5.91 Å². The van der Waals surface area contributed by atoms with Gasteiger partial charge in [-0.2, -0.15) is 0 Å². The third-order valence-corrected chi connectivity index (χ3v) is 5.31. The highest BCUT2D eigenvalue weighted by atomic mass is 16.2. The van der Waals surface area contributed by atoms with E-state index in [1.165, 1.54) is 22.4 Å². The summed E-state index contributed by atoms with van der Waals surface area (Å²) in [5.74, 6) is 0.640. The predicted octanol–water partition coefficient (Wildman–Crippen LogP) is 4.39. The first-order valence-corrected chi connectivity index (χ1v) is 9.18. The average Bonchev–Trinajstić information content (AvgIpc) is 2.64. The molecule has 0 saturated carbocycles. The van der Waals surface area contributed by atoms with Crippen molar-refractivity contribution in [3.05, 3.63) is 64.7 Å². The van der Waals surface area contributed by atoms with Crippen LogP contribution in [0.3, 0.4) is 0 Å². The molecule has 0 radical (unpaired) electrons. The number of amides is 1. The minimum atomic E-state index is 0.149. The van der Waals surface area contributed by atoms with Gasteiger partial charge in [0.1, 0.15) is 0 Å². The number of hydrogen-bond acceptors (Lipinski definition) is 2. The summed E-state index contributed by atoms with van der Waals surface area (Å²) >= 11 is 0. The Kier molecular flexibility index (Phi) is 5.12. The van der Waals surface area contributed by atoms with E-state index in [0.717, 1.165) is 31.7 Å². The molecule has 0 aliphatic carbocycles. The molecule has 0 bridgehead atoms. The highest BCUT2D eigenvalue weighted by Crippen LogP contribution is 2.24. The van der Waals surface area contributed by atoms with Crippen molar-refractivity contribution in [3.63, 3.8) is 0 Å². The van der Waals surface area contributed by atoms with Crippen molar-refractivity contribution in [3.8, 4) is 0 Å². The lowest BCUT2D eigenvalue weighted by atomic mass is 10.0. The maximum Gasteiger partial charge on any atom is 0.253 e. The molecule has 3 heteroatoms. The summed E-state index contributed by atoms with van der Waals surface area (Å²) < 4.78 is 0. The summed E-state index contributed by atoms with van der Waals surface area (Å²) in [4.78, 5) is 17.1. The second-order valence-corrected chi connectivity index (χ2v) is 7.27. The van der Waals surface area contributed by atoms with Crippen LogP contribution in [0.2, 0.25) is 0 Å². The van der Waals surface area contributed by atoms with Gasteiger partial charge in [0.25, 0.3) is 5.91 Å². The quantitative estimate of drug-likeness (QED) is 0.830. The van der Waals surface area contributed by atoms with Crippen molar-refractivity contribution in [1.82, 2.24) is 4.90 Å². The van der Waals surface area contributed by atoms with Gasteiger partial charge in [-0.3, -0.25) is 4.79 Å². The van der Waals surface area contributed by atoms with Gasteiger partial charge in [-0.15, -0.1) is 0 Å². The van der Waals surface area contributed by atoms with Gasteiger partial charge >= 0.3 is 0 Å². The number of piperazine rings is 1. The van der Waals surface area contributed by atoms with E-state index in [9.17, 15) is 4.79 Å². The van der Waals surface area contributed by atoms with Crippen molar-refractivity contribution in [2.24, 2.45) is 0 Å². The number of carbonyl (C=O) groups excluding carboxylic acids is 1. The van der Waals surface area contributed by atoms with Gasteiger partial charge in [0.05, 0.1) is 0 Å². The fraction of sp³-hybridized carbons (Fsp3) is 0.409. The van der Waals surface area contributed by atoms with E-state index < -0.39 is 0 Å². The van der Waals surface area contributed by atoms with E-state index in [4.69, 9.17) is 0 Å². The third kappa shape index (κ3) is 3.71. The second kappa shape index (κ2) is 7.30. The lowest BCUT2D eigenvalue weighted by Crippen LogP contribution is -2.49. The van der Waals surface area contributed by atoms with Gasteiger partial charge < -0.3 is 9.80 Å². The number of benzene rings is 2. The Hall–Kier alpha value is -2.29. The van der Waals surface area contributed by atoms with Crippen molar-refractivity contribution in [1.29, 1.82) is 0 Å². The van der Waals surface area contributed by atoms with Crippen molar-refractivity contribution >= 4 is 11.6 Å². The molecule has 1 heterocycles. The number of aryl methyl sites for hydroxylation is 1. The van der Waals surface area contributed by atoms with Gasteiger partial charge in [-0.1, -0.05) is 38.1 Å². The van der Waals surface area contributed by atoms with Crippen LogP contribution in [-0.2, 0) is 0 Å². The molecule has 2 aromatic rings. The van der Waals surface area contributed by atoms with Gasteiger partial charge in [0, 0.05) is 37.4 Å². The summed E-state index contributed by atoms with van der Waals surface area (Å²) in [7, 11) is 0. The molecule has 1 aliphatic rings. The molecule has 0 N–H and O–H groups in total. The molecule has 0 unspecified atom stereocenters. The summed E-state index contributed by atoms with van der Waals surface area (Å²) in [6, 6.07) is 14.5. The van der Waals surface area contributed by atoms with E-state index in [0.29, 0.717) is 5.92 Å². The standard InChI is InChI=1S/C22H28N2O/c1-16(2)19-8-10-20(11-9-19)22(25)24-14-12-23(13-15-24)21-7-5-6-17(3)18(21)4/h5-11,16H,12-15H2,1-4H3. The van der Waals surface area contributed by atoms with Crippen LogP contribution in [0.15, 0.2) is 42.5 Å². The molecular formula is C22H28N2O. The first kappa shape index (κ1) is 17.5. The fourth-order valence-electron chi connectivity index (χ4n) is 3.42. The Morgan fingerprint density at radius 1 is 0.920 bits per heavy atom. The van der Waals surface area contributed by atoms with Crippen LogP contribution in [0.1, 0.15) is 46.8 Å². The van der Waals surface area contributed by atoms with Crippen LogP contribution in [0.25, 0.3) is 0 Å². The van der Waals surface area contributed by atoms with Gasteiger partial charge in [-0.05, 0) is 54.7 Å². The Labute approximate surface area is 151 Å². The Bertz CT molecular complexity index is 741. The van der Waals surface area contributed by atoms with Gasteiger partial charge in [0.15, 0.2) is 0 Å². The zero-order chi connectivity index (χ0) is 18.0. The molecule has 1 saturated heterocycles. The van der Waals surface area contributed by atoms with Gasteiger partial charge in [-0.25, -0.2) is 0 Å². The number of nitrogens with zero attached hydrogens (tertiary/aromatic N) is 2. The highest BCUT2D eigenvalue weighted by Gasteiger charge is 2.23. The maximum atomic E-state index is 12.8.